The first kappa shape index (κ1) is 24.1. The number of benzene rings is 1. The molecule has 1 aliphatic rings. The van der Waals surface area contributed by atoms with Gasteiger partial charge in [0.25, 0.3) is 0 Å². The van der Waals surface area contributed by atoms with E-state index in [4.69, 9.17) is 0 Å². The number of pyridine rings is 3. The maximum absolute atomic E-state index is 14.2. The molecule has 1 amide bonds. The summed E-state index contributed by atoms with van der Waals surface area (Å²) in [6.07, 6.45) is 11.0. The molecule has 0 radical (unpaired) electrons. The van der Waals surface area contributed by atoms with Gasteiger partial charge in [-0.1, -0.05) is 18.9 Å². The van der Waals surface area contributed by atoms with Gasteiger partial charge in [0.15, 0.2) is 5.65 Å². The molecule has 0 saturated heterocycles. The second-order valence-corrected chi connectivity index (χ2v) is 10.4. The van der Waals surface area contributed by atoms with Gasteiger partial charge in [0, 0.05) is 46.4 Å². The molecule has 198 valence electrons. The number of anilines is 1. The van der Waals surface area contributed by atoms with Crippen molar-refractivity contribution in [2.75, 3.05) is 5.32 Å². The molecule has 0 bridgehead atoms. The van der Waals surface area contributed by atoms with Gasteiger partial charge in [-0.25, -0.2) is 14.4 Å². The second kappa shape index (κ2) is 9.68. The summed E-state index contributed by atoms with van der Waals surface area (Å²) in [5.41, 5.74) is 7.72. The van der Waals surface area contributed by atoms with Gasteiger partial charge in [-0.05, 0) is 72.9 Å². The Morgan fingerprint density at radius 1 is 0.950 bits per heavy atom. The van der Waals surface area contributed by atoms with Crippen molar-refractivity contribution in [1.29, 1.82) is 0 Å². The number of H-pyrrole nitrogens is 2. The summed E-state index contributed by atoms with van der Waals surface area (Å²) in [4.78, 5) is 29.5. The lowest BCUT2D eigenvalue weighted by Gasteiger charge is -2.11. The Hall–Kier alpha value is -4.92. The lowest BCUT2D eigenvalue weighted by atomic mass is 10.0. The SMILES string of the molecule is Cc1cc(F)cc(-c2ccnc3[nH]c(-c4[nH]nc5ncc(-c6cncc(NC(=O)C7CCCC7)c6)cc45)cc23)c1. The highest BCUT2D eigenvalue weighted by atomic mass is 19.1. The van der Waals surface area contributed by atoms with Crippen molar-refractivity contribution in [3.8, 4) is 33.6 Å². The van der Waals surface area contributed by atoms with Gasteiger partial charge in [0.1, 0.15) is 11.5 Å². The van der Waals surface area contributed by atoms with Crippen LogP contribution in [0.4, 0.5) is 10.1 Å². The number of nitrogens with zero attached hydrogens (tertiary/aromatic N) is 4. The fourth-order valence-corrected chi connectivity index (χ4v) is 5.67. The molecule has 3 N–H and O–H groups in total. The Kier molecular flexibility index (Phi) is 5.84. The number of halogens is 1. The maximum atomic E-state index is 14.2. The van der Waals surface area contributed by atoms with E-state index in [9.17, 15) is 9.18 Å². The van der Waals surface area contributed by atoms with Crippen LogP contribution in [0.2, 0.25) is 0 Å². The third-order valence-corrected chi connectivity index (χ3v) is 7.63. The zero-order valence-corrected chi connectivity index (χ0v) is 21.8. The Labute approximate surface area is 229 Å². The summed E-state index contributed by atoms with van der Waals surface area (Å²) >= 11 is 0. The van der Waals surface area contributed by atoms with Gasteiger partial charge in [-0.15, -0.1) is 0 Å². The Morgan fingerprint density at radius 2 is 1.80 bits per heavy atom. The van der Waals surface area contributed by atoms with Crippen LogP contribution in [0, 0.1) is 18.7 Å². The van der Waals surface area contributed by atoms with E-state index in [1.807, 2.05) is 37.3 Å². The molecule has 5 aromatic heterocycles. The molecule has 0 aliphatic heterocycles. The highest BCUT2D eigenvalue weighted by Gasteiger charge is 2.23. The number of carbonyl (C=O) groups is 1. The molecule has 1 fully saturated rings. The normalized spacial score (nSPS) is 13.8. The summed E-state index contributed by atoms with van der Waals surface area (Å²) < 4.78 is 14.2. The summed E-state index contributed by atoms with van der Waals surface area (Å²) in [5, 5.41) is 12.3. The van der Waals surface area contributed by atoms with Crippen LogP contribution in [0.5, 0.6) is 0 Å². The van der Waals surface area contributed by atoms with Crippen molar-refractivity contribution in [1.82, 2.24) is 30.1 Å². The molecule has 1 aliphatic carbocycles. The number of rotatable bonds is 5. The standard InChI is InChI=1S/C31H26FN7O/c1-17-8-19(10-22(32)9-17)24-6-7-34-29-25(24)13-27(37-29)28-26-12-21(15-35-30(26)39-38-28)20-11-23(16-33-14-20)36-31(40)18-4-2-3-5-18/h6-16,18H,2-5H2,1H3,(H,34,37)(H,36,40)(H,35,38,39). The first-order valence-corrected chi connectivity index (χ1v) is 13.4. The monoisotopic (exact) mass is 531 g/mol. The lowest BCUT2D eigenvalue weighted by Crippen LogP contribution is -2.20. The summed E-state index contributed by atoms with van der Waals surface area (Å²) in [6.45, 7) is 1.88. The minimum atomic E-state index is -0.273. The van der Waals surface area contributed by atoms with Gasteiger partial charge in [0.05, 0.1) is 23.3 Å². The third kappa shape index (κ3) is 4.39. The predicted molar refractivity (Wildman–Crippen MR) is 153 cm³/mol. The van der Waals surface area contributed by atoms with Crippen LogP contribution in [0.15, 0.2) is 67.3 Å². The number of nitrogens with one attached hydrogen (secondary N) is 3. The smallest absolute Gasteiger partial charge is 0.227 e. The van der Waals surface area contributed by atoms with E-state index in [0.29, 0.717) is 17.0 Å². The predicted octanol–water partition coefficient (Wildman–Crippen LogP) is 6.81. The van der Waals surface area contributed by atoms with Crippen molar-refractivity contribution < 1.29 is 9.18 Å². The molecule has 0 atom stereocenters. The first-order valence-electron chi connectivity index (χ1n) is 13.4. The van der Waals surface area contributed by atoms with Gasteiger partial charge in [0.2, 0.25) is 5.91 Å². The second-order valence-electron chi connectivity index (χ2n) is 10.4. The van der Waals surface area contributed by atoms with Crippen molar-refractivity contribution >= 4 is 33.7 Å². The molecule has 6 aromatic rings. The van der Waals surface area contributed by atoms with Gasteiger partial charge >= 0.3 is 0 Å². The molecule has 1 aromatic carbocycles. The largest absolute Gasteiger partial charge is 0.338 e. The zero-order chi connectivity index (χ0) is 27.2. The first-order chi connectivity index (χ1) is 19.5. The maximum Gasteiger partial charge on any atom is 0.227 e. The molecular formula is C31H26FN7O. The van der Waals surface area contributed by atoms with E-state index < -0.39 is 0 Å². The summed E-state index contributed by atoms with van der Waals surface area (Å²) in [6, 6.07) is 12.8. The van der Waals surface area contributed by atoms with Gasteiger partial charge < -0.3 is 10.3 Å². The number of aryl methyl sites for hydroxylation is 1. The van der Waals surface area contributed by atoms with Crippen LogP contribution >= 0.6 is 0 Å². The van der Waals surface area contributed by atoms with Crippen LogP contribution in [0.1, 0.15) is 31.2 Å². The number of aromatic nitrogens is 6. The van der Waals surface area contributed by atoms with Gasteiger partial charge in [-0.3, -0.25) is 14.9 Å². The number of carbonyl (C=O) groups excluding carboxylic acids is 1. The Bertz CT molecular complexity index is 1880. The van der Waals surface area contributed by atoms with E-state index in [1.165, 1.54) is 12.1 Å². The summed E-state index contributed by atoms with van der Waals surface area (Å²) in [5.74, 6) is -0.140. The molecule has 5 heterocycles. The van der Waals surface area contributed by atoms with Crippen LogP contribution < -0.4 is 5.32 Å². The minimum Gasteiger partial charge on any atom is -0.338 e. The van der Waals surface area contributed by atoms with E-state index in [-0.39, 0.29) is 17.6 Å². The average molecular weight is 532 g/mol. The fraction of sp³-hybridized carbons (Fsp3) is 0.194. The van der Waals surface area contributed by atoms with E-state index in [1.54, 1.807) is 24.8 Å². The highest BCUT2D eigenvalue weighted by molar-refractivity contribution is 6.00. The van der Waals surface area contributed by atoms with Crippen molar-refractivity contribution in [3.63, 3.8) is 0 Å². The molecule has 40 heavy (non-hydrogen) atoms. The Morgan fingerprint density at radius 3 is 2.65 bits per heavy atom. The summed E-state index contributed by atoms with van der Waals surface area (Å²) in [7, 11) is 0. The fourth-order valence-electron chi connectivity index (χ4n) is 5.67. The van der Waals surface area contributed by atoms with Crippen molar-refractivity contribution in [2.24, 2.45) is 5.92 Å². The van der Waals surface area contributed by atoms with Crippen molar-refractivity contribution in [3.05, 3.63) is 78.6 Å². The molecule has 0 unspecified atom stereocenters. The van der Waals surface area contributed by atoms with Crippen LogP contribution in [0.25, 0.3) is 55.7 Å². The molecular weight excluding hydrogens is 505 g/mol. The number of hydrogen-bond acceptors (Lipinski definition) is 5. The number of fused-ring (bicyclic) bond motifs is 2. The number of aromatic amines is 2. The average Bonchev–Trinajstić information content (AvgIpc) is 3.71. The van der Waals surface area contributed by atoms with Crippen LogP contribution in [-0.2, 0) is 4.79 Å². The number of hydrogen-bond donors (Lipinski definition) is 3. The van der Waals surface area contributed by atoms with Crippen LogP contribution in [-0.4, -0.2) is 36.0 Å². The van der Waals surface area contributed by atoms with Crippen molar-refractivity contribution in [2.45, 2.75) is 32.6 Å². The zero-order valence-electron chi connectivity index (χ0n) is 21.8. The topological polar surface area (TPSA) is 112 Å². The molecule has 7 rings (SSSR count). The molecule has 9 heteroatoms. The van der Waals surface area contributed by atoms with E-state index in [0.717, 1.165) is 75.7 Å². The molecule has 1 saturated carbocycles. The number of amides is 1. The molecule has 0 spiro atoms. The van der Waals surface area contributed by atoms with Crippen LogP contribution in [0.3, 0.4) is 0 Å². The molecule has 8 nitrogen and oxygen atoms in total. The van der Waals surface area contributed by atoms with E-state index >= 15 is 0 Å². The highest BCUT2D eigenvalue weighted by Crippen LogP contribution is 2.35. The Balaban J connectivity index is 1.25. The third-order valence-electron chi connectivity index (χ3n) is 7.63. The quantitative estimate of drug-likeness (QED) is 0.226. The lowest BCUT2D eigenvalue weighted by molar-refractivity contribution is -0.119. The minimum absolute atomic E-state index is 0.0577. The van der Waals surface area contributed by atoms with Gasteiger partial charge in [-0.2, -0.15) is 5.10 Å². The van der Waals surface area contributed by atoms with E-state index in [2.05, 4.69) is 35.5 Å².